The molecule has 1 saturated heterocycles. The van der Waals surface area contributed by atoms with Crippen molar-refractivity contribution in [3.8, 4) is 0 Å². The van der Waals surface area contributed by atoms with Crippen LogP contribution in [0.5, 0.6) is 0 Å². The number of Topliss-reactive ketones (excluding diaryl/α,β-unsaturated/α-hetero) is 1. The predicted octanol–water partition coefficient (Wildman–Crippen LogP) is 1.96. The van der Waals surface area contributed by atoms with Gasteiger partial charge in [-0.05, 0) is 11.5 Å². The normalized spacial score (nSPS) is 24.1. The van der Waals surface area contributed by atoms with Gasteiger partial charge in [0.15, 0.2) is 14.0 Å². The van der Waals surface area contributed by atoms with E-state index in [1.165, 1.54) is 0 Å². The zero-order valence-corrected chi connectivity index (χ0v) is 13.6. The lowest BCUT2D eigenvalue weighted by Crippen LogP contribution is -2.74. The maximum atomic E-state index is 12.3. The molecule has 0 radical (unpaired) electrons. The van der Waals surface area contributed by atoms with E-state index in [0.29, 0.717) is 6.42 Å². The van der Waals surface area contributed by atoms with Crippen LogP contribution in [0, 0.1) is 5.92 Å². The van der Waals surface area contributed by atoms with Gasteiger partial charge >= 0.3 is 0 Å². The Labute approximate surface area is 116 Å². The standard InChI is InChI=1S/C14H25NO3Si/c1-7-8-10-12(11(17)9-16)13(18)15(10)19(5,6)14(2,3)4/h7,10,12,16H,1,8-9H2,2-6H3. The Morgan fingerprint density at radius 1 is 1.47 bits per heavy atom. The number of carbonyl (C=O) groups is 2. The highest BCUT2D eigenvalue weighted by atomic mass is 28.3. The number of nitrogens with zero attached hydrogens (tertiary/aromatic N) is 1. The molecule has 5 heteroatoms. The zero-order chi connectivity index (χ0) is 15.0. The number of aliphatic hydroxyl groups is 1. The van der Waals surface area contributed by atoms with E-state index in [9.17, 15) is 9.59 Å². The van der Waals surface area contributed by atoms with Crippen LogP contribution in [0.2, 0.25) is 18.1 Å². The summed E-state index contributed by atoms with van der Waals surface area (Å²) in [5, 5.41) is 9.03. The Balaban J connectivity index is 3.07. The van der Waals surface area contributed by atoms with Crippen LogP contribution < -0.4 is 0 Å². The topological polar surface area (TPSA) is 57.6 Å². The average Bonchev–Trinajstić information content (AvgIpc) is 2.26. The third kappa shape index (κ3) is 2.53. The predicted molar refractivity (Wildman–Crippen MR) is 78.2 cm³/mol. The summed E-state index contributed by atoms with van der Waals surface area (Å²) < 4.78 is 1.92. The summed E-state index contributed by atoms with van der Waals surface area (Å²) in [7, 11) is -1.98. The Hall–Kier alpha value is -0.943. The summed E-state index contributed by atoms with van der Waals surface area (Å²) in [6.45, 7) is 13.9. The first kappa shape index (κ1) is 16.1. The van der Waals surface area contributed by atoms with E-state index >= 15 is 0 Å². The lowest BCUT2D eigenvalue weighted by Gasteiger charge is -2.57. The number of amides is 1. The molecule has 2 atom stereocenters. The summed E-state index contributed by atoms with van der Waals surface area (Å²) in [4.78, 5) is 24.0. The molecule has 0 aromatic heterocycles. The minimum atomic E-state index is -1.98. The molecule has 1 amide bonds. The summed E-state index contributed by atoms with van der Waals surface area (Å²) in [6.07, 6.45) is 2.35. The fourth-order valence-corrected chi connectivity index (χ4v) is 4.96. The molecule has 1 aliphatic heterocycles. The highest BCUT2D eigenvalue weighted by molar-refractivity contribution is 6.80. The Bertz CT molecular complexity index is 398. The summed E-state index contributed by atoms with van der Waals surface area (Å²) in [5.41, 5.74) is 0. The molecule has 4 nitrogen and oxygen atoms in total. The second kappa shape index (κ2) is 5.21. The third-order valence-corrected chi connectivity index (χ3v) is 10.00. The van der Waals surface area contributed by atoms with Crippen molar-refractivity contribution in [2.45, 2.75) is 51.4 Å². The van der Waals surface area contributed by atoms with Crippen molar-refractivity contribution in [2.75, 3.05) is 6.61 Å². The van der Waals surface area contributed by atoms with Gasteiger partial charge in [-0.1, -0.05) is 39.9 Å². The Kier molecular flexibility index (Phi) is 4.42. The van der Waals surface area contributed by atoms with E-state index < -0.39 is 20.8 Å². The van der Waals surface area contributed by atoms with Crippen LogP contribution in [-0.4, -0.2) is 42.2 Å². The van der Waals surface area contributed by atoms with Gasteiger partial charge in [0.2, 0.25) is 5.91 Å². The molecular weight excluding hydrogens is 258 g/mol. The van der Waals surface area contributed by atoms with Crippen molar-refractivity contribution in [3.05, 3.63) is 12.7 Å². The molecule has 0 spiro atoms. The van der Waals surface area contributed by atoms with E-state index in [1.54, 1.807) is 6.08 Å². The summed E-state index contributed by atoms with van der Waals surface area (Å²) in [5.74, 6) is -1.15. The van der Waals surface area contributed by atoms with E-state index in [4.69, 9.17) is 5.11 Å². The van der Waals surface area contributed by atoms with Gasteiger partial charge in [0.25, 0.3) is 0 Å². The molecule has 0 bridgehead atoms. The maximum Gasteiger partial charge on any atom is 0.227 e. The quantitative estimate of drug-likeness (QED) is 0.363. The number of ketones is 1. The van der Waals surface area contributed by atoms with Crippen LogP contribution in [0.3, 0.4) is 0 Å². The molecule has 2 unspecified atom stereocenters. The van der Waals surface area contributed by atoms with Crippen LogP contribution in [0.15, 0.2) is 12.7 Å². The smallest absolute Gasteiger partial charge is 0.227 e. The number of aliphatic hydroxyl groups excluding tert-OH is 1. The number of hydrogen-bond acceptors (Lipinski definition) is 3. The van der Waals surface area contributed by atoms with Crippen molar-refractivity contribution in [1.29, 1.82) is 0 Å². The molecular formula is C14H25NO3Si. The molecule has 0 saturated carbocycles. The van der Waals surface area contributed by atoms with E-state index in [1.807, 2.05) is 4.57 Å². The zero-order valence-electron chi connectivity index (χ0n) is 12.6. The first-order valence-electron chi connectivity index (χ1n) is 6.67. The van der Waals surface area contributed by atoms with Crippen molar-refractivity contribution in [1.82, 2.24) is 4.57 Å². The molecule has 1 heterocycles. The molecule has 0 aliphatic carbocycles. The molecule has 108 valence electrons. The van der Waals surface area contributed by atoms with Crippen molar-refractivity contribution < 1.29 is 14.7 Å². The highest BCUT2D eigenvalue weighted by Gasteiger charge is 2.58. The van der Waals surface area contributed by atoms with Crippen LogP contribution in [0.4, 0.5) is 0 Å². The number of rotatable bonds is 5. The van der Waals surface area contributed by atoms with Crippen LogP contribution in [-0.2, 0) is 9.59 Å². The largest absolute Gasteiger partial charge is 0.389 e. The van der Waals surface area contributed by atoms with Gasteiger partial charge in [0, 0.05) is 6.04 Å². The van der Waals surface area contributed by atoms with Crippen molar-refractivity contribution in [2.24, 2.45) is 5.92 Å². The molecule has 1 fully saturated rings. The van der Waals surface area contributed by atoms with Crippen LogP contribution in [0.25, 0.3) is 0 Å². The summed E-state index contributed by atoms with van der Waals surface area (Å²) >= 11 is 0. The average molecular weight is 283 g/mol. The third-order valence-electron chi connectivity index (χ3n) is 4.57. The van der Waals surface area contributed by atoms with Gasteiger partial charge < -0.3 is 9.67 Å². The van der Waals surface area contributed by atoms with E-state index in [0.717, 1.165) is 0 Å². The van der Waals surface area contributed by atoms with Gasteiger partial charge in [-0.25, -0.2) is 0 Å². The maximum absolute atomic E-state index is 12.3. The highest BCUT2D eigenvalue weighted by Crippen LogP contribution is 2.45. The summed E-state index contributed by atoms with van der Waals surface area (Å²) in [6, 6.07) is -0.120. The van der Waals surface area contributed by atoms with Crippen LogP contribution in [0.1, 0.15) is 27.2 Å². The monoisotopic (exact) mass is 283 g/mol. The molecule has 19 heavy (non-hydrogen) atoms. The van der Waals surface area contributed by atoms with Gasteiger partial charge in [0.05, 0.1) is 0 Å². The first-order valence-corrected chi connectivity index (χ1v) is 9.62. The van der Waals surface area contributed by atoms with Gasteiger partial charge in [-0.3, -0.25) is 9.59 Å². The fourth-order valence-electron chi connectivity index (χ4n) is 2.46. The van der Waals surface area contributed by atoms with Crippen LogP contribution >= 0.6 is 0 Å². The number of carbonyl (C=O) groups excluding carboxylic acids is 2. The molecule has 0 aromatic carbocycles. The molecule has 1 N–H and O–H groups in total. The number of β-lactam (4-membered cyclic amide) rings is 1. The lowest BCUT2D eigenvalue weighted by molar-refractivity contribution is -0.155. The SMILES string of the molecule is C=CCC1C(C(=O)CO)C(=O)N1[Si](C)(C)C(C)(C)C. The van der Waals surface area contributed by atoms with Gasteiger partial charge in [0.1, 0.15) is 12.5 Å². The Morgan fingerprint density at radius 3 is 2.37 bits per heavy atom. The first-order chi connectivity index (χ1) is 8.59. The van der Waals surface area contributed by atoms with Crippen molar-refractivity contribution in [3.63, 3.8) is 0 Å². The fraction of sp³-hybridized carbons (Fsp3) is 0.714. The Morgan fingerprint density at radius 2 is 2.00 bits per heavy atom. The number of hydrogen-bond donors (Lipinski definition) is 1. The molecule has 1 rings (SSSR count). The van der Waals surface area contributed by atoms with Gasteiger partial charge in [-0.2, -0.15) is 0 Å². The second-order valence-electron chi connectivity index (χ2n) is 6.71. The minimum Gasteiger partial charge on any atom is -0.389 e. The van der Waals surface area contributed by atoms with Gasteiger partial charge in [-0.15, -0.1) is 6.58 Å². The molecule has 0 aromatic rings. The van der Waals surface area contributed by atoms with E-state index in [2.05, 4.69) is 40.4 Å². The molecule has 1 aliphatic rings. The minimum absolute atomic E-state index is 0.0370. The van der Waals surface area contributed by atoms with E-state index in [-0.39, 0.29) is 22.8 Å². The second-order valence-corrected chi connectivity index (χ2v) is 11.8. The lowest BCUT2D eigenvalue weighted by atomic mass is 9.84. The van der Waals surface area contributed by atoms with Crippen molar-refractivity contribution >= 4 is 19.9 Å².